The van der Waals surface area contributed by atoms with E-state index in [0.717, 1.165) is 12.8 Å². The quantitative estimate of drug-likeness (QED) is 0.580. The van der Waals surface area contributed by atoms with Crippen LogP contribution in [0, 0.1) is 0 Å². The smallest absolute Gasteiger partial charge is 0.247 e. The van der Waals surface area contributed by atoms with Crippen molar-refractivity contribution in [3.05, 3.63) is 11.3 Å². The van der Waals surface area contributed by atoms with Crippen molar-refractivity contribution < 1.29 is 9.53 Å². The molecule has 3 nitrogen and oxygen atoms in total. The number of rotatable bonds is 1. The average Bonchev–Trinajstić information content (AvgIpc) is 1.88. The normalized spacial score (nSPS) is 18.5. The Morgan fingerprint density at radius 3 is 2.80 bits per heavy atom. The van der Waals surface area contributed by atoms with Gasteiger partial charge in [-0.05, 0) is 19.8 Å². The highest BCUT2D eigenvalue weighted by Gasteiger charge is 2.14. The first-order chi connectivity index (χ1) is 4.72. The molecule has 0 spiro atoms. The predicted molar refractivity (Wildman–Crippen MR) is 37.1 cm³/mol. The van der Waals surface area contributed by atoms with Crippen LogP contribution in [-0.4, -0.2) is 12.5 Å². The summed E-state index contributed by atoms with van der Waals surface area (Å²) in [4.78, 5) is 10.6. The summed E-state index contributed by atoms with van der Waals surface area (Å²) in [5, 5.41) is 0. The second kappa shape index (κ2) is 2.73. The number of allylic oxidation sites excluding steroid dienone is 1. The molecule has 0 radical (unpaired) electrons. The summed E-state index contributed by atoms with van der Waals surface area (Å²) in [6, 6.07) is 0. The minimum absolute atomic E-state index is 0.350. The maximum absolute atomic E-state index is 10.6. The maximum Gasteiger partial charge on any atom is 0.247 e. The van der Waals surface area contributed by atoms with E-state index in [1.807, 2.05) is 0 Å². The van der Waals surface area contributed by atoms with E-state index in [1.54, 1.807) is 6.92 Å². The number of amides is 1. The van der Waals surface area contributed by atoms with Gasteiger partial charge >= 0.3 is 0 Å². The molecule has 1 amide bonds. The Bertz CT molecular complexity index is 184. The van der Waals surface area contributed by atoms with Crippen molar-refractivity contribution in [2.75, 3.05) is 6.61 Å². The third-order valence-corrected chi connectivity index (χ3v) is 1.61. The van der Waals surface area contributed by atoms with Gasteiger partial charge in [0.05, 0.1) is 12.2 Å². The highest BCUT2D eigenvalue weighted by atomic mass is 16.5. The monoisotopic (exact) mass is 141 g/mol. The van der Waals surface area contributed by atoms with Crippen LogP contribution in [0.3, 0.4) is 0 Å². The molecule has 10 heavy (non-hydrogen) atoms. The molecule has 1 aliphatic rings. The lowest BCUT2D eigenvalue weighted by Gasteiger charge is -2.15. The second-order valence-electron chi connectivity index (χ2n) is 2.35. The number of primary amides is 1. The van der Waals surface area contributed by atoms with Gasteiger partial charge in [0, 0.05) is 0 Å². The molecule has 0 unspecified atom stereocenters. The van der Waals surface area contributed by atoms with Crippen LogP contribution >= 0.6 is 0 Å². The number of hydrogen-bond donors (Lipinski definition) is 1. The van der Waals surface area contributed by atoms with Gasteiger partial charge in [-0.15, -0.1) is 0 Å². The molecule has 1 rings (SSSR count). The predicted octanol–water partition coefficient (Wildman–Crippen LogP) is 0.556. The van der Waals surface area contributed by atoms with Crippen molar-refractivity contribution >= 4 is 5.91 Å². The first-order valence-corrected chi connectivity index (χ1v) is 3.34. The lowest BCUT2D eigenvalue weighted by atomic mass is 10.1. The van der Waals surface area contributed by atoms with E-state index < -0.39 is 0 Å². The van der Waals surface area contributed by atoms with E-state index in [9.17, 15) is 4.79 Å². The van der Waals surface area contributed by atoms with Crippen LogP contribution in [0.4, 0.5) is 0 Å². The summed E-state index contributed by atoms with van der Waals surface area (Å²) < 4.78 is 5.13. The zero-order valence-electron chi connectivity index (χ0n) is 6.02. The van der Waals surface area contributed by atoms with Crippen LogP contribution in [0.5, 0.6) is 0 Å². The molecular weight excluding hydrogens is 130 g/mol. The number of nitrogens with two attached hydrogens (primary N) is 1. The molecular formula is C7H11NO2. The minimum Gasteiger partial charge on any atom is -0.498 e. The highest BCUT2D eigenvalue weighted by Crippen LogP contribution is 2.17. The SMILES string of the molecule is CC1=C(C(N)=O)CCCO1. The Balaban J connectivity index is 2.78. The van der Waals surface area contributed by atoms with Crippen LogP contribution in [0.1, 0.15) is 19.8 Å². The third-order valence-electron chi connectivity index (χ3n) is 1.61. The first kappa shape index (κ1) is 7.12. The van der Waals surface area contributed by atoms with E-state index in [4.69, 9.17) is 10.5 Å². The molecule has 2 N–H and O–H groups in total. The van der Waals surface area contributed by atoms with Gasteiger partial charge < -0.3 is 10.5 Å². The van der Waals surface area contributed by atoms with E-state index >= 15 is 0 Å². The molecule has 0 aromatic carbocycles. The van der Waals surface area contributed by atoms with Gasteiger partial charge in [0.1, 0.15) is 5.76 Å². The Labute approximate surface area is 59.8 Å². The number of carbonyl (C=O) groups excluding carboxylic acids is 1. The molecule has 0 atom stereocenters. The topological polar surface area (TPSA) is 52.3 Å². The van der Waals surface area contributed by atoms with Crippen LogP contribution in [0.25, 0.3) is 0 Å². The molecule has 0 saturated heterocycles. The lowest BCUT2D eigenvalue weighted by Crippen LogP contribution is -2.19. The Morgan fingerprint density at radius 2 is 2.40 bits per heavy atom. The summed E-state index contributed by atoms with van der Waals surface area (Å²) in [5.41, 5.74) is 5.73. The molecule has 3 heteroatoms. The van der Waals surface area contributed by atoms with Crippen LogP contribution in [0.2, 0.25) is 0 Å². The zero-order chi connectivity index (χ0) is 7.56. The summed E-state index contributed by atoms with van der Waals surface area (Å²) in [5.74, 6) is 0.343. The first-order valence-electron chi connectivity index (χ1n) is 3.34. The van der Waals surface area contributed by atoms with Crippen molar-refractivity contribution in [3.63, 3.8) is 0 Å². The van der Waals surface area contributed by atoms with Gasteiger partial charge in [0.2, 0.25) is 5.91 Å². The van der Waals surface area contributed by atoms with Gasteiger partial charge in [0.15, 0.2) is 0 Å². The molecule has 1 heterocycles. The minimum atomic E-state index is -0.350. The van der Waals surface area contributed by atoms with Crippen molar-refractivity contribution in [3.8, 4) is 0 Å². The van der Waals surface area contributed by atoms with Gasteiger partial charge in [-0.3, -0.25) is 4.79 Å². The Morgan fingerprint density at radius 1 is 1.70 bits per heavy atom. The summed E-state index contributed by atoms with van der Waals surface area (Å²) in [6.45, 7) is 2.49. The van der Waals surface area contributed by atoms with E-state index in [0.29, 0.717) is 17.9 Å². The van der Waals surface area contributed by atoms with Gasteiger partial charge in [-0.2, -0.15) is 0 Å². The van der Waals surface area contributed by atoms with Gasteiger partial charge in [0.25, 0.3) is 0 Å². The van der Waals surface area contributed by atoms with Gasteiger partial charge in [-0.25, -0.2) is 0 Å². The van der Waals surface area contributed by atoms with Crippen molar-refractivity contribution in [2.24, 2.45) is 5.73 Å². The van der Waals surface area contributed by atoms with Crippen LogP contribution < -0.4 is 5.73 Å². The molecule has 0 saturated carbocycles. The lowest BCUT2D eigenvalue weighted by molar-refractivity contribution is -0.115. The second-order valence-corrected chi connectivity index (χ2v) is 2.35. The largest absolute Gasteiger partial charge is 0.498 e. The number of hydrogen-bond acceptors (Lipinski definition) is 2. The Hall–Kier alpha value is -0.990. The average molecular weight is 141 g/mol. The molecule has 0 aromatic heterocycles. The standard InChI is InChI=1S/C7H11NO2/c1-5-6(7(8)9)3-2-4-10-5/h2-4H2,1H3,(H2,8,9). The highest BCUT2D eigenvalue weighted by molar-refractivity contribution is 5.92. The third kappa shape index (κ3) is 1.29. The van der Waals surface area contributed by atoms with Crippen molar-refractivity contribution in [2.45, 2.75) is 19.8 Å². The summed E-state index contributed by atoms with van der Waals surface area (Å²) in [7, 11) is 0. The number of ether oxygens (including phenoxy) is 1. The molecule has 0 bridgehead atoms. The maximum atomic E-state index is 10.6. The summed E-state index contributed by atoms with van der Waals surface area (Å²) in [6.07, 6.45) is 1.66. The zero-order valence-corrected chi connectivity index (χ0v) is 6.02. The van der Waals surface area contributed by atoms with Crippen molar-refractivity contribution in [1.82, 2.24) is 0 Å². The molecule has 56 valence electrons. The van der Waals surface area contributed by atoms with E-state index in [-0.39, 0.29) is 5.91 Å². The fourth-order valence-corrected chi connectivity index (χ4v) is 1.03. The molecule has 1 aliphatic heterocycles. The fraction of sp³-hybridized carbons (Fsp3) is 0.571. The van der Waals surface area contributed by atoms with E-state index in [1.165, 1.54) is 0 Å². The van der Waals surface area contributed by atoms with Gasteiger partial charge in [-0.1, -0.05) is 0 Å². The number of carbonyl (C=O) groups is 1. The van der Waals surface area contributed by atoms with Crippen LogP contribution in [0.15, 0.2) is 11.3 Å². The van der Waals surface area contributed by atoms with Crippen molar-refractivity contribution in [1.29, 1.82) is 0 Å². The Kier molecular flexibility index (Phi) is 1.94. The van der Waals surface area contributed by atoms with E-state index in [2.05, 4.69) is 0 Å². The molecule has 0 aliphatic carbocycles. The fourth-order valence-electron chi connectivity index (χ4n) is 1.03. The molecule has 0 fully saturated rings. The van der Waals surface area contributed by atoms with Crippen LogP contribution in [-0.2, 0) is 9.53 Å². The molecule has 0 aromatic rings. The summed E-state index contributed by atoms with van der Waals surface area (Å²) >= 11 is 0.